The van der Waals surface area contributed by atoms with Gasteiger partial charge in [0.15, 0.2) is 0 Å². The SMILES string of the molecule is C.C.CC.CC.CC(C)C.CO. The van der Waals surface area contributed by atoms with Crippen LogP contribution < -0.4 is 0 Å². The molecule has 84 valence electrons. The van der Waals surface area contributed by atoms with E-state index >= 15 is 0 Å². The minimum atomic E-state index is 0. The second kappa shape index (κ2) is 124. The molecule has 0 aromatic heterocycles. The molecule has 0 aliphatic rings. The maximum atomic E-state index is 7.00. The van der Waals surface area contributed by atoms with Crippen molar-refractivity contribution in [1.82, 2.24) is 0 Å². The van der Waals surface area contributed by atoms with Gasteiger partial charge in [0.1, 0.15) is 0 Å². The summed E-state index contributed by atoms with van der Waals surface area (Å²) in [5.41, 5.74) is 0. The summed E-state index contributed by atoms with van der Waals surface area (Å²) in [6.07, 6.45) is 0. The van der Waals surface area contributed by atoms with Crippen LogP contribution in [-0.4, -0.2) is 12.2 Å². The summed E-state index contributed by atoms with van der Waals surface area (Å²) in [5, 5.41) is 7.00. The Kier molecular flexibility index (Phi) is 418. The van der Waals surface area contributed by atoms with Crippen molar-refractivity contribution >= 4 is 0 Å². The van der Waals surface area contributed by atoms with Crippen LogP contribution in [0, 0.1) is 5.92 Å². The normalized spacial score (nSPS) is 4.50. The summed E-state index contributed by atoms with van der Waals surface area (Å²) < 4.78 is 0. The Labute approximate surface area is 82.2 Å². The van der Waals surface area contributed by atoms with Gasteiger partial charge in [-0.1, -0.05) is 63.3 Å². The summed E-state index contributed by atoms with van der Waals surface area (Å²) >= 11 is 0. The van der Waals surface area contributed by atoms with Gasteiger partial charge in [-0.15, -0.1) is 0 Å². The van der Waals surface area contributed by atoms with E-state index in [0.717, 1.165) is 13.0 Å². The molecule has 0 aliphatic carbocycles. The summed E-state index contributed by atoms with van der Waals surface area (Å²) in [6.45, 7) is 14.5. The molecule has 0 heterocycles. The van der Waals surface area contributed by atoms with E-state index in [4.69, 9.17) is 5.11 Å². The van der Waals surface area contributed by atoms with E-state index in [1.54, 1.807) is 0 Å². The third-order valence-corrected chi connectivity index (χ3v) is 0. The zero-order valence-electron chi connectivity index (χ0n) is 9.02. The molecule has 0 unspecified atom stereocenters. The molecule has 0 saturated heterocycles. The summed E-state index contributed by atoms with van der Waals surface area (Å²) in [6, 6.07) is 0. The van der Waals surface area contributed by atoms with Crippen LogP contribution in [0.5, 0.6) is 0 Å². The summed E-state index contributed by atoms with van der Waals surface area (Å²) in [5.74, 6) is 0.833. The van der Waals surface area contributed by atoms with Crippen molar-refractivity contribution < 1.29 is 5.11 Å². The van der Waals surface area contributed by atoms with Crippen LogP contribution in [0.25, 0.3) is 0 Å². The first-order chi connectivity index (χ1) is 4.73. The monoisotopic (exact) mass is 182 g/mol. The molecule has 12 heavy (non-hydrogen) atoms. The first-order valence-corrected chi connectivity index (χ1v) is 4.18. The lowest BCUT2D eigenvalue weighted by molar-refractivity contribution is 0.399. The average molecular weight is 182 g/mol. The van der Waals surface area contributed by atoms with E-state index in [9.17, 15) is 0 Å². The summed E-state index contributed by atoms with van der Waals surface area (Å²) in [7, 11) is 1.00. The number of aliphatic hydroxyl groups excluding tert-OH is 1. The van der Waals surface area contributed by atoms with Crippen LogP contribution in [0.15, 0.2) is 0 Å². The van der Waals surface area contributed by atoms with Gasteiger partial charge in [0, 0.05) is 7.11 Å². The van der Waals surface area contributed by atoms with Gasteiger partial charge >= 0.3 is 0 Å². The van der Waals surface area contributed by atoms with Gasteiger partial charge in [-0.3, -0.25) is 0 Å². The highest BCUT2D eigenvalue weighted by molar-refractivity contribution is 4.20. The van der Waals surface area contributed by atoms with Crippen LogP contribution >= 0.6 is 0 Å². The predicted octanol–water partition coefficient (Wildman–Crippen LogP) is 4.60. The molecule has 1 N–H and O–H groups in total. The maximum Gasteiger partial charge on any atom is 0.0319 e. The molecule has 0 radical (unpaired) electrons. The van der Waals surface area contributed by atoms with Crippen LogP contribution in [0.3, 0.4) is 0 Å². The van der Waals surface area contributed by atoms with Crippen molar-refractivity contribution in [2.45, 2.75) is 63.3 Å². The van der Waals surface area contributed by atoms with Gasteiger partial charge in [-0.25, -0.2) is 0 Å². The van der Waals surface area contributed by atoms with Crippen molar-refractivity contribution in [3.05, 3.63) is 0 Å². The van der Waals surface area contributed by atoms with Crippen LogP contribution in [0.2, 0.25) is 0 Å². The fourth-order valence-corrected chi connectivity index (χ4v) is 0. The molecule has 0 bridgehead atoms. The lowest BCUT2D eigenvalue weighted by Gasteiger charge is -1.79. The van der Waals surface area contributed by atoms with Crippen molar-refractivity contribution in [2.75, 3.05) is 7.11 Å². The van der Waals surface area contributed by atoms with Gasteiger partial charge in [0.05, 0.1) is 0 Å². The average Bonchev–Trinajstić information content (AvgIpc) is 1.98. The largest absolute Gasteiger partial charge is 0.400 e. The second-order valence-electron chi connectivity index (χ2n) is 1.73. The highest BCUT2D eigenvalue weighted by Gasteiger charge is 1.68. The molecule has 0 saturated carbocycles. The predicted molar refractivity (Wildman–Crippen MR) is 64.8 cm³/mol. The van der Waals surface area contributed by atoms with Gasteiger partial charge in [-0.05, 0) is 5.92 Å². The van der Waals surface area contributed by atoms with Gasteiger partial charge in [0.2, 0.25) is 0 Å². The molecule has 0 amide bonds. The first-order valence-electron chi connectivity index (χ1n) is 4.18. The van der Waals surface area contributed by atoms with Gasteiger partial charge in [0.25, 0.3) is 0 Å². The topological polar surface area (TPSA) is 20.2 Å². The lowest BCUT2D eigenvalue weighted by Crippen LogP contribution is -1.66. The zero-order chi connectivity index (χ0) is 9.58. The Morgan fingerprint density at radius 2 is 0.667 bits per heavy atom. The molecule has 0 atom stereocenters. The smallest absolute Gasteiger partial charge is 0.0319 e. The number of rotatable bonds is 0. The molecule has 1 nitrogen and oxygen atoms in total. The third kappa shape index (κ3) is 500000. The van der Waals surface area contributed by atoms with E-state index in [1.807, 2.05) is 27.7 Å². The quantitative estimate of drug-likeness (QED) is 0.580. The Bertz CT molecular complexity index is 9.72. The Morgan fingerprint density at radius 1 is 0.667 bits per heavy atom. The number of hydrogen-bond acceptors (Lipinski definition) is 1. The molecule has 0 aromatic rings. The first kappa shape index (κ1) is 40.4. The molecule has 0 aliphatic heterocycles. The third-order valence-electron chi connectivity index (χ3n) is 0. The van der Waals surface area contributed by atoms with E-state index in [0.29, 0.717) is 0 Å². The minimum Gasteiger partial charge on any atom is -0.400 e. The molecular weight excluding hydrogens is 148 g/mol. The van der Waals surface area contributed by atoms with Gasteiger partial charge in [-0.2, -0.15) is 0 Å². The summed E-state index contributed by atoms with van der Waals surface area (Å²) in [4.78, 5) is 0. The number of aliphatic hydroxyl groups is 1. The molecule has 0 aromatic carbocycles. The highest BCUT2D eigenvalue weighted by Crippen LogP contribution is 1.81. The fraction of sp³-hybridized carbons (Fsp3) is 1.00. The van der Waals surface area contributed by atoms with Crippen molar-refractivity contribution in [1.29, 1.82) is 0 Å². The Morgan fingerprint density at radius 3 is 0.667 bits per heavy atom. The number of hydrogen-bond donors (Lipinski definition) is 1. The van der Waals surface area contributed by atoms with Crippen LogP contribution in [0.1, 0.15) is 63.3 Å². The fourth-order valence-electron chi connectivity index (χ4n) is 0. The molecule has 0 rings (SSSR count). The minimum absolute atomic E-state index is 0. The second-order valence-corrected chi connectivity index (χ2v) is 1.73. The van der Waals surface area contributed by atoms with Crippen molar-refractivity contribution in [3.63, 3.8) is 0 Å². The van der Waals surface area contributed by atoms with E-state index < -0.39 is 0 Å². The van der Waals surface area contributed by atoms with Crippen molar-refractivity contribution in [3.8, 4) is 0 Å². The van der Waals surface area contributed by atoms with E-state index in [2.05, 4.69) is 20.8 Å². The molecule has 0 fully saturated rings. The highest BCUT2D eigenvalue weighted by atomic mass is 16.2. The standard InChI is InChI=1S/C4H10.2C2H6.CH4O.2CH4/c1-4(2)3;3*1-2;;/h4H,1-3H3;2*1-2H3;2H,1H3;2*1H4. The zero-order valence-corrected chi connectivity index (χ0v) is 9.02. The maximum absolute atomic E-state index is 7.00. The molecule has 0 spiro atoms. The van der Waals surface area contributed by atoms with E-state index in [1.165, 1.54) is 0 Å². The lowest BCUT2D eigenvalue weighted by atomic mass is 10.3. The van der Waals surface area contributed by atoms with E-state index in [-0.39, 0.29) is 14.9 Å². The molecule has 1 heteroatoms. The van der Waals surface area contributed by atoms with Crippen LogP contribution in [0.4, 0.5) is 0 Å². The molecular formula is C11H34O. The van der Waals surface area contributed by atoms with Crippen LogP contribution in [-0.2, 0) is 0 Å². The Hall–Kier alpha value is -0.0400. The Balaban J connectivity index is -0.0000000101. The van der Waals surface area contributed by atoms with Crippen molar-refractivity contribution in [2.24, 2.45) is 5.92 Å². The van der Waals surface area contributed by atoms with Gasteiger partial charge < -0.3 is 5.11 Å².